The van der Waals surface area contributed by atoms with Crippen LogP contribution in [0.1, 0.15) is 29.4 Å². The van der Waals surface area contributed by atoms with Crippen molar-refractivity contribution in [3.63, 3.8) is 0 Å². The molecule has 1 atom stereocenters. The van der Waals surface area contributed by atoms with Crippen LogP contribution in [0, 0.1) is 0 Å². The third-order valence-corrected chi connectivity index (χ3v) is 3.55. The van der Waals surface area contributed by atoms with Crippen LogP contribution in [0.25, 0.3) is 0 Å². The number of carboxylic acid groups (broad SMARTS) is 1. The molecule has 2 heterocycles. The van der Waals surface area contributed by atoms with Crippen LogP contribution in [0.3, 0.4) is 0 Å². The Morgan fingerprint density at radius 1 is 1.55 bits per heavy atom. The van der Waals surface area contributed by atoms with Gasteiger partial charge >= 0.3 is 12.3 Å². The van der Waals surface area contributed by atoms with E-state index in [4.69, 9.17) is 5.11 Å². The number of carbonyl (C=O) groups excluding carboxylic acids is 1. The summed E-state index contributed by atoms with van der Waals surface area (Å²) in [5, 5.41) is 11.2. The highest BCUT2D eigenvalue weighted by molar-refractivity contribution is 5.84. The minimum Gasteiger partial charge on any atom is -0.465 e. The predicted octanol–water partition coefficient (Wildman–Crippen LogP) is 2.15. The molecule has 0 aromatic carbocycles. The van der Waals surface area contributed by atoms with Crippen LogP contribution in [0.15, 0.2) is 12.3 Å². The molecular formula is C13H14F3N3O3. The summed E-state index contributed by atoms with van der Waals surface area (Å²) in [6, 6.07) is 0.816. The average molecular weight is 317 g/mol. The van der Waals surface area contributed by atoms with Crippen molar-refractivity contribution in [3.05, 3.63) is 23.5 Å². The highest BCUT2D eigenvalue weighted by atomic mass is 19.4. The van der Waals surface area contributed by atoms with Gasteiger partial charge in [-0.1, -0.05) is 0 Å². The highest BCUT2D eigenvalue weighted by Gasteiger charge is 2.38. The Balaban J connectivity index is 2.32. The summed E-state index contributed by atoms with van der Waals surface area (Å²) >= 11 is 0. The molecule has 1 aliphatic heterocycles. The van der Waals surface area contributed by atoms with Crippen LogP contribution >= 0.6 is 0 Å². The lowest BCUT2D eigenvalue weighted by Crippen LogP contribution is -2.47. The number of amides is 1. The normalized spacial score (nSPS) is 21.7. The maximum atomic E-state index is 12.8. The van der Waals surface area contributed by atoms with E-state index >= 15 is 0 Å². The molecule has 0 saturated carbocycles. The van der Waals surface area contributed by atoms with Gasteiger partial charge in [0, 0.05) is 19.3 Å². The van der Waals surface area contributed by atoms with Crippen LogP contribution in [-0.4, -0.2) is 41.1 Å². The molecule has 2 N–H and O–H groups in total. The zero-order chi connectivity index (χ0) is 16.5. The maximum Gasteiger partial charge on any atom is 0.433 e. The maximum absolute atomic E-state index is 12.8. The Labute approximate surface area is 123 Å². The van der Waals surface area contributed by atoms with Gasteiger partial charge in [-0.15, -0.1) is 0 Å². The molecule has 1 aliphatic rings. The lowest BCUT2D eigenvalue weighted by atomic mass is 10.0. The number of aldehydes is 1. The summed E-state index contributed by atoms with van der Waals surface area (Å²) in [6.07, 6.45) is -4.08. The Kier molecular flexibility index (Phi) is 3.99. The van der Waals surface area contributed by atoms with Crippen molar-refractivity contribution in [3.8, 4) is 0 Å². The number of aromatic nitrogens is 1. The van der Waals surface area contributed by atoms with E-state index < -0.39 is 23.5 Å². The van der Waals surface area contributed by atoms with Crippen molar-refractivity contribution >= 4 is 18.1 Å². The van der Waals surface area contributed by atoms with Gasteiger partial charge in [0.15, 0.2) is 6.29 Å². The number of halogens is 3. The molecule has 1 amide bonds. The van der Waals surface area contributed by atoms with Crippen molar-refractivity contribution in [2.45, 2.75) is 25.1 Å². The van der Waals surface area contributed by atoms with E-state index in [-0.39, 0.29) is 17.8 Å². The monoisotopic (exact) mass is 317 g/mol. The van der Waals surface area contributed by atoms with E-state index in [0.29, 0.717) is 19.3 Å². The molecule has 2 rings (SSSR count). The Morgan fingerprint density at radius 2 is 2.23 bits per heavy atom. The summed E-state index contributed by atoms with van der Waals surface area (Å²) in [5.41, 5.74) is -1.73. The van der Waals surface area contributed by atoms with Crippen molar-refractivity contribution in [2.75, 3.05) is 18.0 Å². The van der Waals surface area contributed by atoms with Crippen molar-refractivity contribution in [1.29, 1.82) is 0 Å². The molecule has 120 valence electrons. The van der Waals surface area contributed by atoms with Gasteiger partial charge in [-0.05, 0) is 19.4 Å². The number of rotatable bonds is 3. The molecule has 22 heavy (non-hydrogen) atoms. The number of hydrogen-bond donors (Lipinski definition) is 2. The quantitative estimate of drug-likeness (QED) is 0.835. The fraction of sp³-hybridized carbons (Fsp3) is 0.462. The SMILES string of the molecule is CC1(NC(=O)O)CCN(c2cc(C(F)(F)F)ncc2C=O)C1. The van der Waals surface area contributed by atoms with Crippen molar-refractivity contribution in [2.24, 2.45) is 0 Å². The molecule has 1 fully saturated rings. The van der Waals surface area contributed by atoms with Gasteiger partial charge < -0.3 is 15.3 Å². The third-order valence-electron chi connectivity index (χ3n) is 3.55. The topological polar surface area (TPSA) is 82.5 Å². The lowest BCUT2D eigenvalue weighted by Gasteiger charge is -2.26. The standard InChI is InChI=1S/C13H14F3N3O3/c1-12(18-11(21)22)2-3-19(7-12)9-4-10(13(14,15)16)17-5-8(9)6-20/h4-6,18H,2-3,7H2,1H3,(H,21,22). The second-order valence-electron chi connectivity index (χ2n) is 5.41. The molecule has 0 radical (unpaired) electrons. The summed E-state index contributed by atoms with van der Waals surface area (Å²) in [4.78, 5) is 26.6. The molecular weight excluding hydrogens is 303 g/mol. The van der Waals surface area contributed by atoms with E-state index in [1.807, 2.05) is 0 Å². The Morgan fingerprint density at radius 3 is 2.77 bits per heavy atom. The minimum atomic E-state index is -4.61. The first-order valence-electron chi connectivity index (χ1n) is 6.43. The molecule has 9 heteroatoms. The van der Waals surface area contributed by atoms with E-state index in [0.717, 1.165) is 12.3 Å². The summed E-state index contributed by atoms with van der Waals surface area (Å²) in [7, 11) is 0. The highest BCUT2D eigenvalue weighted by Crippen LogP contribution is 2.34. The predicted molar refractivity (Wildman–Crippen MR) is 71.0 cm³/mol. The van der Waals surface area contributed by atoms with Crippen molar-refractivity contribution in [1.82, 2.24) is 10.3 Å². The molecule has 1 saturated heterocycles. The van der Waals surface area contributed by atoms with Crippen LogP contribution in [0.5, 0.6) is 0 Å². The molecule has 0 bridgehead atoms. The molecule has 1 aromatic rings. The fourth-order valence-electron chi connectivity index (χ4n) is 2.50. The van der Waals surface area contributed by atoms with Gasteiger partial charge in [0.25, 0.3) is 0 Å². The third kappa shape index (κ3) is 3.29. The van der Waals surface area contributed by atoms with Crippen LogP contribution in [0.2, 0.25) is 0 Å². The van der Waals surface area contributed by atoms with E-state index in [9.17, 15) is 22.8 Å². The number of nitrogens with one attached hydrogen (secondary N) is 1. The fourth-order valence-corrected chi connectivity index (χ4v) is 2.50. The van der Waals surface area contributed by atoms with Gasteiger partial charge in [-0.25, -0.2) is 4.79 Å². The molecule has 0 aliphatic carbocycles. The Hall–Kier alpha value is -2.32. The number of carbonyl (C=O) groups is 2. The van der Waals surface area contributed by atoms with E-state index in [1.165, 1.54) is 0 Å². The molecule has 0 spiro atoms. The largest absolute Gasteiger partial charge is 0.465 e. The van der Waals surface area contributed by atoms with Gasteiger partial charge in [0.2, 0.25) is 0 Å². The number of anilines is 1. The van der Waals surface area contributed by atoms with E-state index in [1.54, 1.807) is 11.8 Å². The average Bonchev–Trinajstić information content (AvgIpc) is 2.78. The first-order valence-corrected chi connectivity index (χ1v) is 6.43. The lowest BCUT2D eigenvalue weighted by molar-refractivity contribution is -0.141. The first kappa shape index (κ1) is 16.1. The number of nitrogens with zero attached hydrogens (tertiary/aromatic N) is 2. The van der Waals surface area contributed by atoms with Crippen LogP contribution < -0.4 is 10.2 Å². The number of alkyl halides is 3. The van der Waals surface area contributed by atoms with Gasteiger partial charge in [-0.3, -0.25) is 9.78 Å². The summed E-state index contributed by atoms with van der Waals surface area (Å²) < 4.78 is 38.3. The van der Waals surface area contributed by atoms with Crippen LogP contribution in [0.4, 0.5) is 23.7 Å². The summed E-state index contributed by atoms with van der Waals surface area (Å²) in [6.45, 7) is 2.16. The van der Waals surface area contributed by atoms with Gasteiger partial charge in [0.05, 0.1) is 16.8 Å². The van der Waals surface area contributed by atoms with Crippen molar-refractivity contribution < 1.29 is 27.9 Å². The minimum absolute atomic E-state index is 0.0348. The molecule has 1 aromatic heterocycles. The van der Waals surface area contributed by atoms with Gasteiger partial charge in [-0.2, -0.15) is 13.2 Å². The number of pyridine rings is 1. The molecule has 1 unspecified atom stereocenters. The van der Waals surface area contributed by atoms with Crippen LogP contribution in [-0.2, 0) is 6.18 Å². The van der Waals surface area contributed by atoms with Gasteiger partial charge in [0.1, 0.15) is 5.69 Å². The van der Waals surface area contributed by atoms with E-state index in [2.05, 4.69) is 10.3 Å². The smallest absolute Gasteiger partial charge is 0.433 e. The zero-order valence-corrected chi connectivity index (χ0v) is 11.6. The second kappa shape index (κ2) is 5.47. The first-order chi connectivity index (χ1) is 10.1. The Bertz CT molecular complexity index is 606. The zero-order valence-electron chi connectivity index (χ0n) is 11.6. The second-order valence-corrected chi connectivity index (χ2v) is 5.41. The summed E-state index contributed by atoms with van der Waals surface area (Å²) in [5.74, 6) is 0. The molecule has 6 nitrogen and oxygen atoms in total. The number of hydrogen-bond acceptors (Lipinski definition) is 4.